The van der Waals surface area contributed by atoms with Gasteiger partial charge in [0.05, 0.1) is 17.5 Å². The van der Waals surface area contributed by atoms with Gasteiger partial charge >= 0.3 is 12.0 Å². The van der Waals surface area contributed by atoms with Gasteiger partial charge in [0.2, 0.25) is 0 Å². The van der Waals surface area contributed by atoms with Crippen molar-refractivity contribution >= 4 is 23.6 Å². The Morgan fingerprint density at radius 3 is 2.96 bits per heavy atom. The maximum absolute atomic E-state index is 13.2. The molecule has 0 radical (unpaired) electrons. The molecule has 0 spiro atoms. The maximum atomic E-state index is 13.2. The van der Waals surface area contributed by atoms with E-state index in [2.05, 4.69) is 5.32 Å². The Kier molecular flexibility index (Phi) is 6.04. The van der Waals surface area contributed by atoms with E-state index in [0.29, 0.717) is 25.1 Å². The number of ether oxygens (including phenoxy) is 1. The fourth-order valence-electron chi connectivity index (χ4n) is 2.37. The van der Waals surface area contributed by atoms with Crippen molar-refractivity contribution in [3.8, 4) is 5.75 Å². The molecule has 1 aliphatic rings. The fraction of sp³-hybridized carbons (Fsp3) is 0.467. The Balaban J connectivity index is 1.72. The second-order valence-corrected chi connectivity index (χ2v) is 5.69. The van der Waals surface area contributed by atoms with Crippen LogP contribution in [-0.2, 0) is 4.79 Å². The molecular weight excluding hydrogens is 327 g/mol. The molecule has 1 aromatic carbocycles. The number of likely N-dealkylation sites (tertiary alicyclic amines) is 1. The number of benzene rings is 1. The lowest BCUT2D eigenvalue weighted by Crippen LogP contribution is -2.47. The maximum Gasteiger partial charge on any atom is 0.317 e. The van der Waals surface area contributed by atoms with Gasteiger partial charge in [-0.2, -0.15) is 0 Å². The molecule has 1 unspecified atom stereocenters. The van der Waals surface area contributed by atoms with Crippen molar-refractivity contribution in [2.75, 3.05) is 26.2 Å². The van der Waals surface area contributed by atoms with E-state index < -0.39 is 17.7 Å². The molecule has 126 valence electrons. The van der Waals surface area contributed by atoms with Gasteiger partial charge in [0.25, 0.3) is 0 Å². The lowest BCUT2D eigenvalue weighted by atomic mass is 9.99. The molecule has 6 nitrogen and oxygen atoms in total. The number of halogens is 2. The number of nitrogens with one attached hydrogen (secondary N) is 1. The van der Waals surface area contributed by atoms with Gasteiger partial charge in [-0.1, -0.05) is 11.6 Å². The molecule has 0 aromatic heterocycles. The van der Waals surface area contributed by atoms with Crippen molar-refractivity contribution in [2.24, 2.45) is 5.92 Å². The summed E-state index contributed by atoms with van der Waals surface area (Å²) in [5.41, 5.74) is 0. The monoisotopic (exact) mass is 344 g/mol. The average Bonchev–Trinajstić information content (AvgIpc) is 2.54. The van der Waals surface area contributed by atoms with Gasteiger partial charge in [-0.3, -0.25) is 4.79 Å². The topological polar surface area (TPSA) is 78.9 Å². The first-order valence-corrected chi connectivity index (χ1v) is 7.68. The molecule has 1 fully saturated rings. The average molecular weight is 345 g/mol. The fourth-order valence-corrected chi connectivity index (χ4v) is 2.49. The molecule has 0 aliphatic carbocycles. The number of carbonyl (C=O) groups excluding carboxylic acids is 1. The third-order valence-corrected chi connectivity index (χ3v) is 3.90. The van der Waals surface area contributed by atoms with Crippen LogP contribution >= 0.6 is 11.6 Å². The summed E-state index contributed by atoms with van der Waals surface area (Å²) >= 11 is 5.57. The summed E-state index contributed by atoms with van der Waals surface area (Å²) < 4.78 is 18.5. The van der Waals surface area contributed by atoms with Crippen molar-refractivity contribution in [2.45, 2.75) is 12.8 Å². The van der Waals surface area contributed by atoms with Crippen LogP contribution in [0.1, 0.15) is 12.8 Å². The molecule has 1 aromatic rings. The van der Waals surface area contributed by atoms with E-state index in [1.165, 1.54) is 23.1 Å². The Morgan fingerprint density at radius 1 is 1.48 bits per heavy atom. The number of amides is 2. The van der Waals surface area contributed by atoms with Gasteiger partial charge in [-0.05, 0) is 25.0 Å². The standard InChI is InChI=1S/C15H18ClFN2O4/c16-12-4-3-11(8-13(12)17)23-7-5-18-15(22)19-6-1-2-10(9-19)14(20)21/h3-4,8,10H,1-2,5-7,9H2,(H,18,22)(H,20,21). The molecule has 2 N–H and O–H groups in total. The van der Waals surface area contributed by atoms with Crippen LogP contribution in [0.2, 0.25) is 5.02 Å². The molecular formula is C15H18ClFN2O4. The van der Waals surface area contributed by atoms with E-state index >= 15 is 0 Å². The summed E-state index contributed by atoms with van der Waals surface area (Å²) in [7, 11) is 0. The number of carboxylic acids is 1. The van der Waals surface area contributed by atoms with Crippen molar-refractivity contribution < 1.29 is 23.8 Å². The first kappa shape index (κ1) is 17.3. The largest absolute Gasteiger partial charge is 0.492 e. The number of urea groups is 1. The normalized spacial score (nSPS) is 17.7. The summed E-state index contributed by atoms with van der Waals surface area (Å²) in [5.74, 6) is -1.63. The number of carboxylic acid groups (broad SMARTS) is 1. The van der Waals surface area contributed by atoms with Gasteiger partial charge in [-0.15, -0.1) is 0 Å². The molecule has 1 atom stereocenters. The van der Waals surface area contributed by atoms with E-state index in [0.717, 1.165) is 0 Å². The van der Waals surface area contributed by atoms with Gasteiger partial charge in [0, 0.05) is 19.2 Å². The second kappa shape index (κ2) is 8.01. The zero-order valence-electron chi connectivity index (χ0n) is 12.4. The van der Waals surface area contributed by atoms with Gasteiger partial charge in [0.1, 0.15) is 18.2 Å². The van der Waals surface area contributed by atoms with Crippen LogP contribution in [0.3, 0.4) is 0 Å². The first-order chi connectivity index (χ1) is 11.0. The Labute approximate surface area is 138 Å². The van der Waals surface area contributed by atoms with Crippen molar-refractivity contribution in [1.29, 1.82) is 0 Å². The van der Waals surface area contributed by atoms with Crippen LogP contribution in [0.25, 0.3) is 0 Å². The summed E-state index contributed by atoms with van der Waals surface area (Å²) in [6, 6.07) is 3.79. The number of carbonyl (C=O) groups is 2. The molecule has 23 heavy (non-hydrogen) atoms. The number of hydrogen-bond donors (Lipinski definition) is 2. The van der Waals surface area contributed by atoms with Crippen molar-refractivity contribution in [3.63, 3.8) is 0 Å². The van der Waals surface area contributed by atoms with Crippen LogP contribution < -0.4 is 10.1 Å². The predicted molar refractivity (Wildman–Crippen MR) is 82.2 cm³/mol. The molecule has 1 aliphatic heterocycles. The molecule has 1 heterocycles. The molecule has 0 bridgehead atoms. The van der Waals surface area contributed by atoms with Crippen molar-refractivity contribution in [3.05, 3.63) is 29.0 Å². The van der Waals surface area contributed by atoms with Crippen LogP contribution in [0.5, 0.6) is 5.75 Å². The smallest absolute Gasteiger partial charge is 0.317 e. The molecule has 2 amide bonds. The lowest BCUT2D eigenvalue weighted by molar-refractivity contribution is -0.143. The highest BCUT2D eigenvalue weighted by Gasteiger charge is 2.27. The number of nitrogens with zero attached hydrogens (tertiary/aromatic N) is 1. The minimum Gasteiger partial charge on any atom is -0.492 e. The van der Waals surface area contributed by atoms with Crippen LogP contribution in [0.15, 0.2) is 18.2 Å². The quantitative estimate of drug-likeness (QED) is 0.804. The molecule has 2 rings (SSSR count). The summed E-state index contributed by atoms with van der Waals surface area (Å²) in [5, 5.41) is 11.7. The van der Waals surface area contributed by atoms with Crippen molar-refractivity contribution in [1.82, 2.24) is 10.2 Å². The number of hydrogen-bond acceptors (Lipinski definition) is 3. The second-order valence-electron chi connectivity index (χ2n) is 5.28. The third-order valence-electron chi connectivity index (χ3n) is 3.60. The zero-order chi connectivity index (χ0) is 16.8. The number of piperidine rings is 1. The molecule has 8 heteroatoms. The third kappa shape index (κ3) is 4.99. The van der Waals surface area contributed by atoms with Gasteiger partial charge in [-0.25, -0.2) is 9.18 Å². The lowest BCUT2D eigenvalue weighted by Gasteiger charge is -2.30. The first-order valence-electron chi connectivity index (χ1n) is 7.31. The minimum absolute atomic E-state index is 0.0173. The molecule has 1 saturated heterocycles. The van der Waals surface area contributed by atoms with Crippen LogP contribution in [0, 0.1) is 11.7 Å². The predicted octanol–water partition coefficient (Wildman–Crippen LogP) is 2.36. The van der Waals surface area contributed by atoms with E-state index in [1.807, 2.05) is 0 Å². The van der Waals surface area contributed by atoms with Gasteiger partial charge in [0.15, 0.2) is 0 Å². The van der Waals surface area contributed by atoms with Crippen LogP contribution in [-0.4, -0.2) is 48.2 Å². The van der Waals surface area contributed by atoms with E-state index in [1.54, 1.807) is 0 Å². The highest BCUT2D eigenvalue weighted by molar-refractivity contribution is 6.30. The number of aliphatic carboxylic acids is 1. The minimum atomic E-state index is -0.879. The SMILES string of the molecule is O=C(O)C1CCCN(C(=O)NCCOc2ccc(Cl)c(F)c2)C1. The van der Waals surface area contributed by atoms with E-state index in [4.69, 9.17) is 21.4 Å². The van der Waals surface area contributed by atoms with Gasteiger partial charge < -0.3 is 20.1 Å². The molecule has 0 saturated carbocycles. The summed E-state index contributed by atoms with van der Waals surface area (Å²) in [6.45, 7) is 1.16. The Morgan fingerprint density at radius 2 is 2.26 bits per heavy atom. The summed E-state index contributed by atoms with van der Waals surface area (Å²) in [4.78, 5) is 24.4. The Bertz CT molecular complexity index is 585. The highest BCUT2D eigenvalue weighted by Crippen LogP contribution is 2.20. The Hall–Kier alpha value is -2.02. The highest BCUT2D eigenvalue weighted by atomic mass is 35.5. The zero-order valence-corrected chi connectivity index (χ0v) is 13.2. The van der Waals surface area contributed by atoms with E-state index in [-0.39, 0.29) is 30.8 Å². The van der Waals surface area contributed by atoms with Crippen LogP contribution in [0.4, 0.5) is 9.18 Å². The van der Waals surface area contributed by atoms with E-state index in [9.17, 15) is 14.0 Å². The summed E-state index contributed by atoms with van der Waals surface area (Å²) in [6.07, 6.45) is 1.26. The number of rotatable bonds is 5.